The zero-order chi connectivity index (χ0) is 28.3. The fourth-order valence-corrected chi connectivity index (χ4v) is 6.13. The lowest BCUT2D eigenvalue weighted by molar-refractivity contribution is 0.517. The van der Waals surface area contributed by atoms with Gasteiger partial charge in [0, 0.05) is 41.7 Å². The number of aromatic amines is 1. The van der Waals surface area contributed by atoms with Gasteiger partial charge in [0.25, 0.3) is 0 Å². The Morgan fingerprint density at radius 1 is 1.07 bits per heavy atom. The Hall–Kier alpha value is -4.32. The maximum absolute atomic E-state index is 12.9. The van der Waals surface area contributed by atoms with Gasteiger partial charge in [-0.25, -0.2) is 13.4 Å². The highest BCUT2D eigenvalue weighted by Crippen LogP contribution is 2.31. The number of H-pyrrole nitrogens is 1. The molecule has 11 nitrogen and oxygen atoms in total. The largest absolute Gasteiger partial charge is 0.382 e. The van der Waals surface area contributed by atoms with Crippen molar-refractivity contribution >= 4 is 27.3 Å². The van der Waals surface area contributed by atoms with Gasteiger partial charge < -0.3 is 15.6 Å². The van der Waals surface area contributed by atoms with Crippen LogP contribution >= 0.6 is 0 Å². The van der Waals surface area contributed by atoms with Gasteiger partial charge in [0.1, 0.15) is 17.0 Å². The summed E-state index contributed by atoms with van der Waals surface area (Å²) in [6.45, 7) is 5.00. The van der Waals surface area contributed by atoms with Gasteiger partial charge >= 0.3 is 0 Å². The zero-order valence-corrected chi connectivity index (χ0v) is 23.6. The van der Waals surface area contributed by atoms with Gasteiger partial charge in [-0.05, 0) is 31.7 Å². The summed E-state index contributed by atoms with van der Waals surface area (Å²) in [4.78, 5) is 14.8. The number of nitrogens with two attached hydrogens (primary N) is 1. The van der Waals surface area contributed by atoms with Gasteiger partial charge in [-0.1, -0.05) is 50.2 Å². The number of pyridine rings is 1. The Labute approximate surface area is 233 Å². The van der Waals surface area contributed by atoms with E-state index in [0.29, 0.717) is 30.1 Å². The van der Waals surface area contributed by atoms with Gasteiger partial charge in [0.2, 0.25) is 5.95 Å². The summed E-state index contributed by atoms with van der Waals surface area (Å²) in [6.07, 6.45) is 8.96. The van der Waals surface area contributed by atoms with Gasteiger partial charge in [-0.3, -0.25) is 4.98 Å². The molecule has 0 aliphatic heterocycles. The molecule has 0 saturated heterocycles. The number of fused-ring (bicyclic) bond motifs is 1. The van der Waals surface area contributed by atoms with Crippen LogP contribution in [0.1, 0.15) is 38.8 Å². The van der Waals surface area contributed by atoms with Gasteiger partial charge in [-0.15, -0.1) is 10.2 Å². The molecular weight excluding hydrogens is 526 g/mol. The summed E-state index contributed by atoms with van der Waals surface area (Å²) in [5.74, 6) is 0.751. The minimum absolute atomic E-state index is 0.0174. The van der Waals surface area contributed by atoms with Gasteiger partial charge in [0.15, 0.2) is 15.5 Å². The minimum atomic E-state index is -3.68. The molecule has 0 amide bonds. The summed E-state index contributed by atoms with van der Waals surface area (Å²) >= 11 is 0. The highest BCUT2D eigenvalue weighted by Gasteiger charge is 2.26. The van der Waals surface area contributed by atoms with E-state index in [9.17, 15) is 8.42 Å². The summed E-state index contributed by atoms with van der Waals surface area (Å²) in [6, 6.07) is 13.9. The van der Waals surface area contributed by atoms with Crippen LogP contribution in [-0.4, -0.2) is 62.0 Å². The van der Waals surface area contributed by atoms with E-state index in [1.165, 1.54) is 4.52 Å². The van der Waals surface area contributed by atoms with Gasteiger partial charge in [0.05, 0.1) is 17.6 Å². The lowest BCUT2D eigenvalue weighted by Crippen LogP contribution is -2.37. The van der Waals surface area contributed by atoms with E-state index in [1.807, 2.05) is 42.5 Å². The Morgan fingerprint density at radius 3 is 2.50 bits per heavy atom. The monoisotopic (exact) mass is 559 g/mol. The maximum atomic E-state index is 12.9. The van der Waals surface area contributed by atoms with Crippen molar-refractivity contribution in [3.05, 3.63) is 66.9 Å². The Bertz CT molecular complexity index is 1680. The van der Waals surface area contributed by atoms with Crippen LogP contribution in [0, 0.1) is 0 Å². The van der Waals surface area contributed by atoms with E-state index in [0.717, 1.165) is 48.0 Å². The quantitative estimate of drug-likeness (QED) is 0.243. The molecule has 0 aliphatic carbocycles. The number of nitrogens with one attached hydrogen (secondary N) is 1. The number of anilines is 2. The SMILES string of the molecule is CCCN(c1nnc[nH]1)[C@H](CC)CCc1nc2c(-c3ccc(-c4ccccc4)nc3)cnn2c(N)c1S(C)(=O)=O. The van der Waals surface area contributed by atoms with E-state index >= 15 is 0 Å². The van der Waals surface area contributed by atoms with Gasteiger partial charge in [-0.2, -0.15) is 9.61 Å². The third-order valence-corrected chi connectivity index (χ3v) is 8.18. The molecule has 3 N–H and O–H groups in total. The molecule has 0 bridgehead atoms. The first-order valence-corrected chi connectivity index (χ1v) is 15.2. The topological polar surface area (TPSA) is 148 Å². The molecule has 208 valence electrons. The molecule has 1 aromatic carbocycles. The first-order valence-electron chi connectivity index (χ1n) is 13.3. The molecule has 0 aliphatic rings. The second-order valence-corrected chi connectivity index (χ2v) is 11.7. The van der Waals surface area contributed by atoms with Crippen LogP contribution in [-0.2, 0) is 16.3 Å². The smallest absolute Gasteiger partial charge is 0.224 e. The predicted octanol–water partition coefficient (Wildman–Crippen LogP) is 4.19. The minimum Gasteiger partial charge on any atom is -0.382 e. The molecule has 0 fully saturated rings. The molecule has 0 radical (unpaired) electrons. The first-order chi connectivity index (χ1) is 19.3. The van der Waals surface area contributed by atoms with Crippen LogP contribution in [0.3, 0.4) is 0 Å². The molecule has 5 aromatic rings. The Balaban J connectivity index is 1.52. The summed E-state index contributed by atoms with van der Waals surface area (Å²) in [5, 5.41) is 12.5. The number of hydrogen-bond donors (Lipinski definition) is 2. The molecule has 4 aromatic heterocycles. The lowest BCUT2D eigenvalue weighted by Gasteiger charge is -2.30. The standard InChI is InChI=1S/C28H33N9O2S/c1-4-15-36(28-31-18-32-35-28)21(5-2)12-14-24-25(40(3,38)39)26(29)37-27(34-24)22(17-33-37)20-11-13-23(30-16-20)19-9-7-6-8-10-19/h6-11,13,16-18,21H,4-5,12,14-15,29H2,1-3H3,(H,31,32,35)/t21-/m1/s1. The van der Waals surface area contributed by atoms with Crippen molar-refractivity contribution in [2.75, 3.05) is 23.4 Å². The molecule has 0 spiro atoms. The van der Waals surface area contributed by atoms with E-state index in [1.54, 1.807) is 18.7 Å². The number of sulfone groups is 1. The van der Waals surface area contributed by atoms with Crippen molar-refractivity contribution in [1.82, 2.24) is 34.8 Å². The van der Waals surface area contributed by atoms with Crippen LogP contribution in [0.15, 0.2) is 66.1 Å². The average molecular weight is 560 g/mol. The molecule has 0 saturated carbocycles. The van der Waals surface area contributed by atoms with Crippen molar-refractivity contribution in [1.29, 1.82) is 0 Å². The van der Waals surface area contributed by atoms with Crippen LogP contribution in [0.2, 0.25) is 0 Å². The number of nitrogen functional groups attached to an aromatic ring is 1. The lowest BCUT2D eigenvalue weighted by atomic mass is 10.0. The third-order valence-electron chi connectivity index (χ3n) is 6.99. The summed E-state index contributed by atoms with van der Waals surface area (Å²) in [7, 11) is -3.68. The number of rotatable bonds is 11. The number of benzene rings is 1. The summed E-state index contributed by atoms with van der Waals surface area (Å²) in [5.41, 5.74) is 10.8. The second-order valence-electron chi connectivity index (χ2n) is 9.74. The molecular formula is C28H33N9O2S. The molecule has 0 unspecified atom stereocenters. The van der Waals surface area contributed by atoms with E-state index in [4.69, 9.17) is 10.7 Å². The van der Waals surface area contributed by atoms with Crippen molar-refractivity contribution in [2.24, 2.45) is 0 Å². The number of nitrogens with zero attached hydrogens (tertiary/aromatic N) is 7. The zero-order valence-electron chi connectivity index (χ0n) is 22.8. The Kier molecular flexibility index (Phi) is 7.78. The number of hydrogen-bond acceptors (Lipinski definition) is 9. The van der Waals surface area contributed by atoms with Crippen LogP contribution < -0.4 is 10.6 Å². The highest BCUT2D eigenvalue weighted by molar-refractivity contribution is 7.91. The molecule has 40 heavy (non-hydrogen) atoms. The fraction of sp³-hybridized carbons (Fsp3) is 0.321. The maximum Gasteiger partial charge on any atom is 0.224 e. The second kappa shape index (κ2) is 11.4. The van der Waals surface area contributed by atoms with Crippen molar-refractivity contribution in [2.45, 2.75) is 50.5 Å². The van der Waals surface area contributed by atoms with Crippen LogP contribution in [0.25, 0.3) is 28.0 Å². The normalized spacial score (nSPS) is 12.6. The van der Waals surface area contributed by atoms with E-state index in [-0.39, 0.29) is 16.8 Å². The van der Waals surface area contributed by atoms with E-state index in [2.05, 4.69) is 44.0 Å². The summed E-state index contributed by atoms with van der Waals surface area (Å²) < 4.78 is 27.2. The van der Waals surface area contributed by atoms with Crippen molar-refractivity contribution in [3.63, 3.8) is 0 Å². The first kappa shape index (κ1) is 27.3. The molecule has 5 rings (SSSR count). The predicted molar refractivity (Wildman–Crippen MR) is 156 cm³/mol. The van der Waals surface area contributed by atoms with Crippen LogP contribution in [0.4, 0.5) is 11.8 Å². The van der Waals surface area contributed by atoms with Crippen molar-refractivity contribution < 1.29 is 8.42 Å². The fourth-order valence-electron chi connectivity index (χ4n) is 5.08. The number of aromatic nitrogens is 7. The third kappa shape index (κ3) is 5.39. The molecule has 1 atom stereocenters. The van der Waals surface area contributed by atoms with Crippen LogP contribution in [0.5, 0.6) is 0 Å². The number of aryl methyl sites for hydroxylation is 1. The molecule has 12 heteroatoms. The average Bonchev–Trinajstić information content (AvgIpc) is 3.63. The van der Waals surface area contributed by atoms with E-state index < -0.39 is 9.84 Å². The highest BCUT2D eigenvalue weighted by atomic mass is 32.2. The molecule has 4 heterocycles. The van der Waals surface area contributed by atoms with Crippen molar-refractivity contribution in [3.8, 4) is 22.4 Å². The Morgan fingerprint density at radius 2 is 1.88 bits per heavy atom.